The van der Waals surface area contributed by atoms with Gasteiger partial charge in [-0.15, -0.1) is 0 Å². The standard InChI is InChI=1S/C16H16FNO3/c17-12-5-2-1-4-11(12)13-6-7-14(21-13)15(19)18-10-16(20)8-3-9-16/h1-2,4-7,20H,3,8-10H2,(H,18,19). The van der Waals surface area contributed by atoms with Crippen molar-refractivity contribution in [2.24, 2.45) is 0 Å². The molecule has 1 aliphatic carbocycles. The molecule has 1 aromatic carbocycles. The van der Waals surface area contributed by atoms with E-state index < -0.39 is 17.3 Å². The molecule has 0 aliphatic heterocycles. The molecule has 0 saturated heterocycles. The van der Waals surface area contributed by atoms with Gasteiger partial charge in [0.1, 0.15) is 11.6 Å². The van der Waals surface area contributed by atoms with Gasteiger partial charge in [0.25, 0.3) is 5.91 Å². The minimum Gasteiger partial charge on any atom is -0.451 e. The third kappa shape index (κ3) is 2.83. The van der Waals surface area contributed by atoms with Crippen LogP contribution in [-0.2, 0) is 0 Å². The molecule has 1 aliphatic rings. The van der Waals surface area contributed by atoms with E-state index in [0.717, 1.165) is 6.42 Å². The molecule has 1 saturated carbocycles. The van der Waals surface area contributed by atoms with E-state index in [2.05, 4.69) is 5.32 Å². The van der Waals surface area contributed by atoms with E-state index in [4.69, 9.17) is 4.42 Å². The first kappa shape index (κ1) is 13.8. The number of aliphatic hydroxyl groups is 1. The SMILES string of the molecule is O=C(NCC1(O)CCC1)c1ccc(-c2ccccc2F)o1. The highest BCUT2D eigenvalue weighted by atomic mass is 19.1. The minimum absolute atomic E-state index is 0.108. The second kappa shape index (κ2) is 5.33. The maximum absolute atomic E-state index is 13.6. The number of furan rings is 1. The predicted molar refractivity (Wildman–Crippen MR) is 75.2 cm³/mol. The summed E-state index contributed by atoms with van der Waals surface area (Å²) in [5.41, 5.74) is -0.467. The zero-order valence-corrected chi connectivity index (χ0v) is 11.4. The van der Waals surface area contributed by atoms with Gasteiger partial charge >= 0.3 is 0 Å². The summed E-state index contributed by atoms with van der Waals surface area (Å²) in [6.07, 6.45) is 2.38. The van der Waals surface area contributed by atoms with E-state index in [0.29, 0.717) is 24.2 Å². The van der Waals surface area contributed by atoms with Crippen LogP contribution in [0.25, 0.3) is 11.3 Å². The molecule has 1 aromatic heterocycles. The highest BCUT2D eigenvalue weighted by Gasteiger charge is 2.34. The van der Waals surface area contributed by atoms with Crippen LogP contribution >= 0.6 is 0 Å². The molecule has 0 radical (unpaired) electrons. The molecular weight excluding hydrogens is 273 g/mol. The lowest BCUT2D eigenvalue weighted by atomic mass is 9.80. The van der Waals surface area contributed by atoms with Crippen molar-refractivity contribution >= 4 is 5.91 Å². The van der Waals surface area contributed by atoms with Crippen LogP contribution in [0.2, 0.25) is 0 Å². The van der Waals surface area contributed by atoms with E-state index in [1.807, 2.05) is 0 Å². The Kier molecular flexibility index (Phi) is 3.51. The predicted octanol–water partition coefficient (Wildman–Crippen LogP) is 2.73. The summed E-state index contributed by atoms with van der Waals surface area (Å²) in [6, 6.07) is 9.28. The third-order valence-electron chi connectivity index (χ3n) is 3.83. The number of hydrogen-bond donors (Lipinski definition) is 2. The fourth-order valence-electron chi connectivity index (χ4n) is 2.36. The Morgan fingerprint density at radius 2 is 2.05 bits per heavy atom. The lowest BCUT2D eigenvalue weighted by molar-refractivity contribution is -0.0301. The normalized spacial score (nSPS) is 16.3. The molecule has 110 valence electrons. The zero-order chi connectivity index (χ0) is 14.9. The summed E-state index contributed by atoms with van der Waals surface area (Å²) in [5, 5.41) is 12.6. The van der Waals surface area contributed by atoms with Crippen molar-refractivity contribution < 1.29 is 18.7 Å². The van der Waals surface area contributed by atoms with Gasteiger partial charge in [0.15, 0.2) is 5.76 Å². The van der Waals surface area contributed by atoms with Crippen molar-refractivity contribution in [2.75, 3.05) is 6.54 Å². The number of hydrogen-bond acceptors (Lipinski definition) is 3. The fourth-order valence-corrected chi connectivity index (χ4v) is 2.36. The third-order valence-corrected chi connectivity index (χ3v) is 3.83. The van der Waals surface area contributed by atoms with Gasteiger partial charge in [0.2, 0.25) is 0 Å². The van der Waals surface area contributed by atoms with Gasteiger partial charge in [-0.05, 0) is 43.5 Å². The Labute approximate surface area is 121 Å². The number of nitrogens with one attached hydrogen (secondary N) is 1. The topological polar surface area (TPSA) is 62.5 Å². The van der Waals surface area contributed by atoms with Gasteiger partial charge in [-0.3, -0.25) is 4.79 Å². The largest absolute Gasteiger partial charge is 0.451 e. The zero-order valence-electron chi connectivity index (χ0n) is 11.4. The molecule has 3 rings (SSSR count). The monoisotopic (exact) mass is 289 g/mol. The van der Waals surface area contributed by atoms with E-state index in [1.165, 1.54) is 12.1 Å². The highest BCUT2D eigenvalue weighted by Crippen LogP contribution is 2.30. The van der Waals surface area contributed by atoms with Crippen molar-refractivity contribution in [1.82, 2.24) is 5.32 Å². The van der Waals surface area contributed by atoms with Crippen molar-refractivity contribution in [1.29, 1.82) is 0 Å². The smallest absolute Gasteiger partial charge is 0.287 e. The maximum atomic E-state index is 13.6. The van der Waals surface area contributed by atoms with Gasteiger partial charge in [-0.1, -0.05) is 12.1 Å². The quantitative estimate of drug-likeness (QED) is 0.909. The molecule has 0 atom stereocenters. The van der Waals surface area contributed by atoms with Crippen LogP contribution in [0, 0.1) is 5.82 Å². The van der Waals surface area contributed by atoms with Crippen molar-refractivity contribution in [2.45, 2.75) is 24.9 Å². The molecule has 0 bridgehead atoms. The van der Waals surface area contributed by atoms with Gasteiger partial charge in [-0.25, -0.2) is 4.39 Å². The van der Waals surface area contributed by atoms with Crippen molar-refractivity contribution in [3.63, 3.8) is 0 Å². The van der Waals surface area contributed by atoms with Crippen LogP contribution in [-0.4, -0.2) is 23.2 Å². The summed E-state index contributed by atoms with van der Waals surface area (Å²) < 4.78 is 19.0. The maximum Gasteiger partial charge on any atom is 0.287 e. The molecule has 2 aromatic rings. The second-order valence-electron chi connectivity index (χ2n) is 5.40. The Morgan fingerprint density at radius 1 is 1.29 bits per heavy atom. The Balaban J connectivity index is 1.70. The summed E-state index contributed by atoms with van der Waals surface area (Å²) in [5.74, 6) is -0.391. The van der Waals surface area contributed by atoms with E-state index in [1.54, 1.807) is 24.3 Å². The van der Waals surface area contributed by atoms with Crippen LogP contribution in [0.3, 0.4) is 0 Å². The number of halogens is 1. The fraction of sp³-hybridized carbons (Fsp3) is 0.312. The molecular formula is C16H16FNO3. The van der Waals surface area contributed by atoms with E-state index in [-0.39, 0.29) is 12.3 Å². The molecule has 5 heteroatoms. The average Bonchev–Trinajstić information content (AvgIpc) is 2.93. The Hall–Kier alpha value is -2.14. The van der Waals surface area contributed by atoms with Crippen LogP contribution in [0.5, 0.6) is 0 Å². The Bertz CT molecular complexity index is 661. The number of carbonyl (C=O) groups is 1. The van der Waals surface area contributed by atoms with Crippen LogP contribution in [0.1, 0.15) is 29.8 Å². The highest BCUT2D eigenvalue weighted by molar-refractivity contribution is 5.92. The summed E-state index contributed by atoms with van der Waals surface area (Å²) in [4.78, 5) is 12.0. The second-order valence-corrected chi connectivity index (χ2v) is 5.40. The lowest BCUT2D eigenvalue weighted by Gasteiger charge is -2.36. The van der Waals surface area contributed by atoms with Gasteiger partial charge in [0, 0.05) is 6.54 Å². The molecule has 21 heavy (non-hydrogen) atoms. The lowest BCUT2D eigenvalue weighted by Crippen LogP contribution is -2.47. The first-order chi connectivity index (χ1) is 10.1. The van der Waals surface area contributed by atoms with E-state index >= 15 is 0 Å². The minimum atomic E-state index is -0.781. The van der Waals surface area contributed by atoms with Gasteiger partial charge < -0.3 is 14.8 Å². The first-order valence-corrected chi connectivity index (χ1v) is 6.93. The molecule has 0 spiro atoms. The molecule has 2 N–H and O–H groups in total. The number of amides is 1. The summed E-state index contributed by atoms with van der Waals surface area (Å²) in [7, 11) is 0. The van der Waals surface area contributed by atoms with Crippen LogP contribution < -0.4 is 5.32 Å². The number of rotatable bonds is 4. The van der Waals surface area contributed by atoms with Crippen molar-refractivity contribution in [3.8, 4) is 11.3 Å². The molecule has 1 fully saturated rings. The van der Waals surface area contributed by atoms with E-state index in [9.17, 15) is 14.3 Å². The number of benzene rings is 1. The van der Waals surface area contributed by atoms with Gasteiger partial charge in [0.05, 0.1) is 11.2 Å². The number of carbonyl (C=O) groups excluding carboxylic acids is 1. The molecule has 4 nitrogen and oxygen atoms in total. The summed E-state index contributed by atoms with van der Waals surface area (Å²) in [6.45, 7) is 0.210. The van der Waals surface area contributed by atoms with Crippen molar-refractivity contribution in [3.05, 3.63) is 48.0 Å². The summed E-state index contributed by atoms with van der Waals surface area (Å²) >= 11 is 0. The molecule has 1 heterocycles. The molecule has 1 amide bonds. The molecule has 0 unspecified atom stereocenters. The average molecular weight is 289 g/mol. The Morgan fingerprint density at radius 3 is 2.71 bits per heavy atom. The first-order valence-electron chi connectivity index (χ1n) is 6.93. The van der Waals surface area contributed by atoms with Gasteiger partial charge in [-0.2, -0.15) is 0 Å². The van der Waals surface area contributed by atoms with Crippen LogP contribution in [0.15, 0.2) is 40.8 Å². The van der Waals surface area contributed by atoms with Crippen LogP contribution in [0.4, 0.5) is 4.39 Å².